The fourth-order valence-electron chi connectivity index (χ4n) is 3.20. The SMILES string of the molecule is CC(Cc1ccccc1)C(O)(CCCN(C)C)c1ccccc1. The van der Waals surface area contributed by atoms with Gasteiger partial charge in [0, 0.05) is 0 Å². The highest BCUT2D eigenvalue weighted by Crippen LogP contribution is 2.36. The zero-order valence-corrected chi connectivity index (χ0v) is 14.6. The lowest BCUT2D eigenvalue weighted by atomic mass is 9.76. The Morgan fingerprint density at radius 1 is 0.957 bits per heavy atom. The molecular weight excluding hydrogens is 282 g/mol. The Labute approximate surface area is 140 Å². The minimum absolute atomic E-state index is 0.162. The van der Waals surface area contributed by atoms with Crippen molar-refractivity contribution in [1.29, 1.82) is 0 Å². The molecule has 0 bridgehead atoms. The summed E-state index contributed by atoms with van der Waals surface area (Å²) in [7, 11) is 4.16. The summed E-state index contributed by atoms with van der Waals surface area (Å²) in [5.41, 5.74) is 1.52. The van der Waals surface area contributed by atoms with Crippen LogP contribution in [-0.2, 0) is 12.0 Å². The molecule has 2 rings (SSSR count). The predicted molar refractivity (Wildman–Crippen MR) is 97.4 cm³/mol. The first-order chi connectivity index (χ1) is 11.0. The normalized spacial score (nSPS) is 15.3. The van der Waals surface area contributed by atoms with Gasteiger partial charge >= 0.3 is 0 Å². The monoisotopic (exact) mass is 311 g/mol. The third-order valence-corrected chi connectivity index (χ3v) is 4.64. The van der Waals surface area contributed by atoms with E-state index in [2.05, 4.69) is 62.3 Å². The molecule has 0 aromatic heterocycles. The maximum Gasteiger partial charge on any atom is 0.0925 e. The Morgan fingerprint density at radius 2 is 1.52 bits per heavy atom. The molecule has 0 spiro atoms. The largest absolute Gasteiger partial charge is 0.385 e. The van der Waals surface area contributed by atoms with Gasteiger partial charge < -0.3 is 10.0 Å². The summed E-state index contributed by atoms with van der Waals surface area (Å²) in [6, 6.07) is 20.6. The topological polar surface area (TPSA) is 23.5 Å². The fraction of sp³-hybridized carbons (Fsp3) is 0.429. The van der Waals surface area contributed by atoms with Crippen molar-refractivity contribution in [2.75, 3.05) is 20.6 Å². The van der Waals surface area contributed by atoms with Gasteiger partial charge in [-0.2, -0.15) is 0 Å². The minimum atomic E-state index is -0.785. The van der Waals surface area contributed by atoms with Crippen LogP contribution in [0.2, 0.25) is 0 Å². The second-order valence-electron chi connectivity index (χ2n) is 6.79. The van der Waals surface area contributed by atoms with Crippen molar-refractivity contribution in [2.45, 2.75) is 31.8 Å². The van der Waals surface area contributed by atoms with E-state index >= 15 is 0 Å². The van der Waals surface area contributed by atoms with Crippen LogP contribution in [0.15, 0.2) is 60.7 Å². The average Bonchev–Trinajstić information content (AvgIpc) is 2.56. The average molecular weight is 311 g/mol. The summed E-state index contributed by atoms with van der Waals surface area (Å²) >= 11 is 0. The van der Waals surface area contributed by atoms with Crippen molar-refractivity contribution < 1.29 is 5.11 Å². The smallest absolute Gasteiger partial charge is 0.0925 e. The number of hydrogen-bond donors (Lipinski definition) is 1. The van der Waals surface area contributed by atoms with Gasteiger partial charge in [-0.15, -0.1) is 0 Å². The van der Waals surface area contributed by atoms with E-state index in [-0.39, 0.29) is 5.92 Å². The van der Waals surface area contributed by atoms with Crippen LogP contribution in [0.4, 0.5) is 0 Å². The fourth-order valence-corrected chi connectivity index (χ4v) is 3.20. The molecule has 0 saturated carbocycles. The number of rotatable bonds is 8. The molecule has 2 aromatic carbocycles. The van der Waals surface area contributed by atoms with Crippen molar-refractivity contribution >= 4 is 0 Å². The van der Waals surface area contributed by atoms with Gasteiger partial charge in [0.2, 0.25) is 0 Å². The van der Waals surface area contributed by atoms with Crippen molar-refractivity contribution in [3.05, 3.63) is 71.8 Å². The number of nitrogens with zero attached hydrogens (tertiary/aromatic N) is 1. The van der Waals surface area contributed by atoms with E-state index in [0.717, 1.165) is 31.4 Å². The number of hydrogen-bond acceptors (Lipinski definition) is 2. The Bertz CT molecular complexity index is 567. The van der Waals surface area contributed by atoms with E-state index in [1.807, 2.05) is 24.3 Å². The standard InChI is InChI=1S/C21H29NO/c1-18(17-19-11-6-4-7-12-19)21(23,15-10-16-22(2)3)20-13-8-5-9-14-20/h4-9,11-14,18,23H,10,15-17H2,1-3H3. The summed E-state index contributed by atoms with van der Waals surface area (Å²) in [5.74, 6) is 0.162. The van der Waals surface area contributed by atoms with E-state index in [0.29, 0.717) is 0 Å². The predicted octanol–water partition coefficient (Wildman–Crippen LogP) is 4.09. The molecule has 0 amide bonds. The Balaban J connectivity index is 2.18. The molecule has 2 heteroatoms. The second kappa shape index (κ2) is 8.28. The second-order valence-corrected chi connectivity index (χ2v) is 6.79. The summed E-state index contributed by atoms with van der Waals surface area (Å²) in [4.78, 5) is 2.17. The molecule has 23 heavy (non-hydrogen) atoms. The van der Waals surface area contributed by atoms with Crippen LogP contribution >= 0.6 is 0 Å². The van der Waals surface area contributed by atoms with Crippen LogP contribution in [0.5, 0.6) is 0 Å². The molecule has 0 aliphatic rings. The lowest BCUT2D eigenvalue weighted by Crippen LogP contribution is -2.35. The molecule has 2 aromatic rings. The van der Waals surface area contributed by atoms with Crippen LogP contribution < -0.4 is 0 Å². The first-order valence-electron chi connectivity index (χ1n) is 8.49. The van der Waals surface area contributed by atoms with Crippen molar-refractivity contribution in [1.82, 2.24) is 4.90 Å². The van der Waals surface area contributed by atoms with Gasteiger partial charge in [0.05, 0.1) is 5.60 Å². The van der Waals surface area contributed by atoms with Gasteiger partial charge in [-0.25, -0.2) is 0 Å². The van der Waals surface area contributed by atoms with E-state index in [1.54, 1.807) is 0 Å². The summed E-state index contributed by atoms with van der Waals surface area (Å²) in [6.07, 6.45) is 2.65. The maximum atomic E-state index is 11.5. The molecule has 2 unspecified atom stereocenters. The van der Waals surface area contributed by atoms with Gasteiger partial charge in [0.15, 0.2) is 0 Å². The first kappa shape index (κ1) is 17.7. The van der Waals surface area contributed by atoms with Crippen LogP contribution in [0.25, 0.3) is 0 Å². The lowest BCUT2D eigenvalue weighted by molar-refractivity contribution is -0.0281. The van der Waals surface area contributed by atoms with Crippen LogP contribution in [0, 0.1) is 5.92 Å². The number of aliphatic hydroxyl groups is 1. The first-order valence-corrected chi connectivity index (χ1v) is 8.49. The molecule has 0 heterocycles. The van der Waals surface area contributed by atoms with Gasteiger partial charge in [-0.05, 0) is 56.9 Å². The van der Waals surface area contributed by atoms with Crippen molar-refractivity contribution in [3.63, 3.8) is 0 Å². The quantitative estimate of drug-likeness (QED) is 0.793. The summed E-state index contributed by atoms with van der Waals surface area (Å²) in [6.45, 7) is 3.16. The van der Waals surface area contributed by atoms with Crippen LogP contribution in [-0.4, -0.2) is 30.6 Å². The Kier molecular flexibility index (Phi) is 6.37. The Hall–Kier alpha value is -1.64. The maximum absolute atomic E-state index is 11.5. The minimum Gasteiger partial charge on any atom is -0.385 e. The highest BCUT2D eigenvalue weighted by atomic mass is 16.3. The zero-order chi connectivity index (χ0) is 16.7. The third kappa shape index (κ3) is 4.92. The molecule has 0 saturated heterocycles. The molecule has 124 valence electrons. The zero-order valence-electron chi connectivity index (χ0n) is 14.6. The van der Waals surface area contributed by atoms with E-state index in [9.17, 15) is 5.11 Å². The molecular formula is C21H29NO. The van der Waals surface area contributed by atoms with Crippen LogP contribution in [0.1, 0.15) is 30.9 Å². The molecule has 0 aliphatic carbocycles. The molecule has 2 nitrogen and oxygen atoms in total. The molecule has 0 fully saturated rings. The van der Waals surface area contributed by atoms with E-state index < -0.39 is 5.60 Å². The molecule has 0 radical (unpaired) electrons. The van der Waals surface area contributed by atoms with Gasteiger partial charge in [0.25, 0.3) is 0 Å². The lowest BCUT2D eigenvalue weighted by Gasteiger charge is -2.35. The summed E-state index contributed by atoms with van der Waals surface area (Å²) in [5, 5.41) is 11.5. The highest BCUT2D eigenvalue weighted by Gasteiger charge is 2.35. The third-order valence-electron chi connectivity index (χ3n) is 4.64. The molecule has 2 atom stereocenters. The van der Waals surface area contributed by atoms with Crippen molar-refractivity contribution in [3.8, 4) is 0 Å². The molecule has 0 aliphatic heterocycles. The van der Waals surface area contributed by atoms with Gasteiger partial charge in [0.1, 0.15) is 0 Å². The number of benzene rings is 2. The van der Waals surface area contributed by atoms with E-state index in [4.69, 9.17) is 0 Å². The molecule has 1 N–H and O–H groups in total. The van der Waals surface area contributed by atoms with Crippen LogP contribution in [0.3, 0.4) is 0 Å². The summed E-state index contributed by atoms with van der Waals surface area (Å²) < 4.78 is 0. The van der Waals surface area contributed by atoms with E-state index in [1.165, 1.54) is 5.56 Å². The van der Waals surface area contributed by atoms with Gasteiger partial charge in [-0.1, -0.05) is 67.6 Å². The highest BCUT2D eigenvalue weighted by molar-refractivity contribution is 5.25. The van der Waals surface area contributed by atoms with Crippen molar-refractivity contribution in [2.24, 2.45) is 5.92 Å². The Morgan fingerprint density at radius 3 is 2.09 bits per heavy atom. The van der Waals surface area contributed by atoms with Gasteiger partial charge in [-0.3, -0.25) is 0 Å².